The van der Waals surface area contributed by atoms with E-state index in [4.69, 9.17) is 4.74 Å². The number of anilines is 2. The Hall–Kier alpha value is -3.71. The smallest absolute Gasteiger partial charge is 0.310 e. The number of methoxy groups -OCH3 is 1. The van der Waals surface area contributed by atoms with Crippen molar-refractivity contribution in [2.24, 2.45) is 0 Å². The van der Waals surface area contributed by atoms with Crippen LogP contribution in [0.5, 0.6) is 0 Å². The number of aromatic nitrogens is 3. The van der Waals surface area contributed by atoms with E-state index in [0.717, 1.165) is 45.4 Å². The van der Waals surface area contributed by atoms with E-state index in [1.165, 1.54) is 18.4 Å². The summed E-state index contributed by atoms with van der Waals surface area (Å²) in [6, 6.07) is 10.7. The van der Waals surface area contributed by atoms with Gasteiger partial charge in [0, 0.05) is 42.1 Å². The van der Waals surface area contributed by atoms with Crippen LogP contribution in [0.2, 0.25) is 0 Å². The fourth-order valence-electron chi connectivity index (χ4n) is 4.98. The van der Waals surface area contributed by atoms with Crippen LogP contribution in [0.15, 0.2) is 42.7 Å². The van der Waals surface area contributed by atoms with Crippen LogP contribution in [-0.4, -0.2) is 39.3 Å². The molecule has 0 aliphatic carbocycles. The van der Waals surface area contributed by atoms with Crippen LogP contribution in [0.25, 0.3) is 22.0 Å². The van der Waals surface area contributed by atoms with E-state index in [1.54, 1.807) is 12.4 Å². The molecule has 5 rings (SSSR count). The van der Waals surface area contributed by atoms with Gasteiger partial charge in [-0.15, -0.1) is 0 Å². The molecule has 7 heteroatoms. The van der Waals surface area contributed by atoms with Gasteiger partial charge < -0.3 is 19.3 Å². The first-order valence-electron chi connectivity index (χ1n) is 11.4. The number of aryl methyl sites for hydroxylation is 2. The summed E-state index contributed by atoms with van der Waals surface area (Å²) in [5.41, 5.74) is 9.29. The molecule has 0 bridgehead atoms. The lowest BCUT2D eigenvalue weighted by molar-refractivity contribution is -0.139. The van der Waals surface area contributed by atoms with Crippen LogP contribution >= 0.6 is 0 Å². The fraction of sp³-hybridized carbons (Fsp3) is 0.296. The molecule has 34 heavy (non-hydrogen) atoms. The second-order valence-corrected chi connectivity index (χ2v) is 8.85. The molecule has 7 nitrogen and oxygen atoms in total. The predicted octanol–water partition coefficient (Wildman–Crippen LogP) is 4.38. The molecule has 0 radical (unpaired) electrons. The van der Waals surface area contributed by atoms with Crippen LogP contribution in [0.1, 0.15) is 27.9 Å². The number of benzene rings is 2. The van der Waals surface area contributed by atoms with Crippen LogP contribution < -0.4 is 4.90 Å². The van der Waals surface area contributed by atoms with Gasteiger partial charge in [-0.2, -0.15) is 0 Å². The van der Waals surface area contributed by atoms with Gasteiger partial charge in [0.25, 0.3) is 0 Å². The maximum Gasteiger partial charge on any atom is 0.310 e. The van der Waals surface area contributed by atoms with Crippen LogP contribution in [0, 0.1) is 20.8 Å². The highest BCUT2D eigenvalue weighted by Crippen LogP contribution is 2.46. The second-order valence-electron chi connectivity index (χ2n) is 8.85. The van der Waals surface area contributed by atoms with E-state index >= 15 is 0 Å². The lowest BCUT2D eigenvalue weighted by Crippen LogP contribution is -2.30. The van der Waals surface area contributed by atoms with E-state index in [0.29, 0.717) is 18.1 Å². The summed E-state index contributed by atoms with van der Waals surface area (Å²) in [6.45, 7) is 7.68. The van der Waals surface area contributed by atoms with Gasteiger partial charge in [0.15, 0.2) is 0 Å². The highest BCUT2D eigenvalue weighted by Gasteiger charge is 2.30. The molecular formula is C27H28N4O3. The quantitative estimate of drug-likeness (QED) is 0.449. The van der Waals surface area contributed by atoms with Crippen LogP contribution in [0.3, 0.4) is 0 Å². The average molecular weight is 457 g/mol. The number of hydrogen-bond donors (Lipinski definition) is 1. The molecule has 1 N–H and O–H groups in total. The van der Waals surface area contributed by atoms with E-state index in [2.05, 4.69) is 70.5 Å². The maximum atomic E-state index is 12.5. The Morgan fingerprint density at radius 1 is 1.09 bits per heavy atom. The highest BCUT2D eigenvalue weighted by atomic mass is 16.5. The van der Waals surface area contributed by atoms with Crippen molar-refractivity contribution in [2.75, 3.05) is 18.6 Å². The molecule has 3 heterocycles. The molecular weight excluding hydrogens is 428 g/mol. The fourth-order valence-corrected chi connectivity index (χ4v) is 4.98. The largest absolute Gasteiger partial charge is 0.469 e. The first-order valence-corrected chi connectivity index (χ1v) is 11.4. The van der Waals surface area contributed by atoms with E-state index in [1.807, 2.05) is 0 Å². The Morgan fingerprint density at radius 3 is 2.44 bits per heavy atom. The summed E-state index contributed by atoms with van der Waals surface area (Å²) in [5, 5.41) is 10.5. The van der Waals surface area contributed by atoms with E-state index < -0.39 is 0 Å². The van der Waals surface area contributed by atoms with Gasteiger partial charge in [-0.1, -0.05) is 29.8 Å². The Morgan fingerprint density at radius 2 is 1.79 bits per heavy atom. The molecule has 174 valence electrons. The molecule has 1 aliphatic heterocycles. The average Bonchev–Trinajstić information content (AvgIpc) is 3.19. The van der Waals surface area contributed by atoms with Crippen molar-refractivity contribution in [3.05, 3.63) is 70.7 Å². The molecule has 0 atom stereocenters. The molecule has 0 saturated heterocycles. The molecule has 0 amide bonds. The van der Waals surface area contributed by atoms with Gasteiger partial charge >= 0.3 is 5.97 Å². The van der Waals surface area contributed by atoms with Crippen molar-refractivity contribution in [1.82, 2.24) is 14.5 Å². The van der Waals surface area contributed by atoms with Crippen LogP contribution in [-0.2, 0) is 29.1 Å². The van der Waals surface area contributed by atoms with Crippen molar-refractivity contribution < 1.29 is 14.6 Å². The Labute approximate surface area is 198 Å². The molecule has 1 aliphatic rings. The minimum Gasteiger partial charge on any atom is -0.469 e. The van der Waals surface area contributed by atoms with Gasteiger partial charge in [0.2, 0.25) is 5.95 Å². The highest BCUT2D eigenvalue weighted by molar-refractivity contribution is 6.08. The zero-order valence-corrected chi connectivity index (χ0v) is 19.9. The van der Waals surface area contributed by atoms with Gasteiger partial charge in [-0.25, -0.2) is 9.97 Å². The van der Waals surface area contributed by atoms with Crippen molar-refractivity contribution in [1.29, 1.82) is 0 Å². The summed E-state index contributed by atoms with van der Waals surface area (Å²) in [5.74, 6) is 0.309. The Balaban J connectivity index is 1.82. The number of carbonyl (C=O) groups excluding carboxylic acids is 1. The third-order valence-electron chi connectivity index (χ3n) is 6.73. The van der Waals surface area contributed by atoms with Crippen LogP contribution in [0.4, 0.5) is 11.6 Å². The SMILES string of the molecule is COC(=O)Cc1c(C)c2c3c(cc(C)n3CCN2c2ncc(CO)cn2)c1-c1ccc(C)cc1. The molecule has 0 fully saturated rings. The van der Waals surface area contributed by atoms with E-state index in [9.17, 15) is 9.90 Å². The number of aliphatic hydroxyl groups excluding tert-OH is 1. The Kier molecular flexibility index (Phi) is 5.57. The number of aliphatic hydroxyl groups is 1. The molecule has 0 spiro atoms. The third kappa shape index (κ3) is 3.53. The zero-order chi connectivity index (χ0) is 24.0. The molecule has 2 aromatic carbocycles. The lowest BCUT2D eigenvalue weighted by Gasteiger charge is -2.33. The summed E-state index contributed by atoms with van der Waals surface area (Å²) in [4.78, 5) is 23.7. The minimum atomic E-state index is -0.273. The predicted molar refractivity (Wildman–Crippen MR) is 132 cm³/mol. The van der Waals surface area contributed by atoms with Crippen molar-refractivity contribution >= 4 is 28.5 Å². The number of esters is 1. The number of hydrogen-bond acceptors (Lipinski definition) is 6. The van der Waals surface area contributed by atoms with Gasteiger partial charge in [-0.05, 0) is 49.1 Å². The third-order valence-corrected chi connectivity index (χ3v) is 6.73. The molecule has 2 aromatic heterocycles. The lowest BCUT2D eigenvalue weighted by atomic mass is 9.88. The first kappa shape index (κ1) is 22.1. The number of nitrogens with zero attached hydrogens (tertiary/aromatic N) is 4. The van der Waals surface area contributed by atoms with Gasteiger partial charge in [0.1, 0.15) is 0 Å². The summed E-state index contributed by atoms with van der Waals surface area (Å²) in [6.07, 6.45) is 3.49. The summed E-state index contributed by atoms with van der Waals surface area (Å²) >= 11 is 0. The second kappa shape index (κ2) is 8.57. The zero-order valence-electron chi connectivity index (χ0n) is 19.9. The topological polar surface area (TPSA) is 80.5 Å². The standard InChI is InChI=1S/C27H28N4O3/c1-16-5-7-20(8-6-16)24-21(12-23(33)34-4)18(3)25-26-22(24)11-17(2)30(26)9-10-31(25)27-28-13-19(15-32)14-29-27/h5-8,11,13-14,32H,9-10,12,15H2,1-4H3. The van der Waals surface area contributed by atoms with Crippen molar-refractivity contribution in [2.45, 2.75) is 40.3 Å². The monoisotopic (exact) mass is 456 g/mol. The molecule has 4 aromatic rings. The Bertz CT molecular complexity index is 1390. The number of ether oxygens (including phenoxy) is 1. The van der Waals surface area contributed by atoms with Crippen molar-refractivity contribution in [3.8, 4) is 11.1 Å². The first-order chi connectivity index (χ1) is 16.4. The summed E-state index contributed by atoms with van der Waals surface area (Å²) in [7, 11) is 1.43. The molecule has 0 saturated carbocycles. The minimum absolute atomic E-state index is 0.0971. The van der Waals surface area contributed by atoms with Crippen molar-refractivity contribution in [3.63, 3.8) is 0 Å². The summed E-state index contributed by atoms with van der Waals surface area (Å²) < 4.78 is 7.42. The molecule has 0 unspecified atom stereocenters. The van der Waals surface area contributed by atoms with Gasteiger partial charge in [-0.3, -0.25) is 4.79 Å². The van der Waals surface area contributed by atoms with E-state index in [-0.39, 0.29) is 19.0 Å². The number of carbonyl (C=O) groups is 1. The normalized spacial score (nSPS) is 12.9. The maximum absolute atomic E-state index is 12.5. The number of rotatable bonds is 5. The van der Waals surface area contributed by atoms with Gasteiger partial charge in [0.05, 0.1) is 31.3 Å².